The van der Waals surface area contributed by atoms with Gasteiger partial charge in [-0.05, 0) is 25.1 Å². The molecule has 2 N–H and O–H groups in total. The molecule has 2 heterocycles. The van der Waals surface area contributed by atoms with Crippen LogP contribution in [0.3, 0.4) is 0 Å². The van der Waals surface area contributed by atoms with E-state index in [2.05, 4.69) is 16.0 Å². The molecule has 0 radical (unpaired) electrons. The highest BCUT2D eigenvalue weighted by Crippen LogP contribution is 2.32. The zero-order valence-corrected chi connectivity index (χ0v) is 11.7. The van der Waals surface area contributed by atoms with Crippen molar-refractivity contribution in [3.8, 4) is 0 Å². The molecule has 3 rings (SSSR count). The van der Waals surface area contributed by atoms with E-state index >= 15 is 0 Å². The van der Waals surface area contributed by atoms with Crippen molar-refractivity contribution in [1.29, 1.82) is 0 Å². The van der Waals surface area contributed by atoms with Gasteiger partial charge in [-0.15, -0.1) is 11.3 Å². The third-order valence-electron chi connectivity index (χ3n) is 3.30. The summed E-state index contributed by atoms with van der Waals surface area (Å²) in [6.45, 7) is 2.73. The van der Waals surface area contributed by atoms with Gasteiger partial charge >= 0.3 is 0 Å². The first-order chi connectivity index (χ1) is 9.16. The van der Waals surface area contributed by atoms with E-state index in [0.29, 0.717) is 0 Å². The Kier molecular flexibility index (Phi) is 2.91. The van der Waals surface area contributed by atoms with Crippen molar-refractivity contribution in [2.75, 3.05) is 17.7 Å². The van der Waals surface area contributed by atoms with E-state index in [1.807, 2.05) is 31.6 Å². The predicted molar refractivity (Wildman–Crippen MR) is 79.6 cm³/mol. The lowest BCUT2D eigenvalue weighted by molar-refractivity contribution is 0.529. The molecule has 5 heteroatoms. The Bertz CT molecular complexity index is 716. The van der Waals surface area contributed by atoms with Crippen LogP contribution < -0.4 is 10.6 Å². The molecule has 0 spiro atoms. The fourth-order valence-corrected chi connectivity index (χ4v) is 2.88. The number of nitrogen functional groups attached to an aromatic ring is 1. The Hall–Kier alpha value is -2.01. The first kappa shape index (κ1) is 12.0. The van der Waals surface area contributed by atoms with Gasteiger partial charge in [-0.1, -0.05) is 0 Å². The van der Waals surface area contributed by atoms with E-state index in [4.69, 9.17) is 10.2 Å². The number of hydrogen-bond donors (Lipinski definition) is 1. The van der Waals surface area contributed by atoms with Crippen LogP contribution in [0.5, 0.6) is 0 Å². The van der Waals surface area contributed by atoms with Crippen LogP contribution in [0.25, 0.3) is 10.2 Å². The van der Waals surface area contributed by atoms with Gasteiger partial charge in [-0.25, -0.2) is 4.98 Å². The summed E-state index contributed by atoms with van der Waals surface area (Å²) in [5.74, 6) is 0.945. The van der Waals surface area contributed by atoms with E-state index in [9.17, 15) is 0 Å². The van der Waals surface area contributed by atoms with Crippen molar-refractivity contribution in [1.82, 2.24) is 4.98 Å². The molecule has 98 valence electrons. The highest BCUT2D eigenvalue weighted by atomic mass is 32.1. The molecule has 0 unspecified atom stereocenters. The van der Waals surface area contributed by atoms with Crippen LogP contribution >= 0.6 is 11.3 Å². The SMILES string of the molecule is Cc1occc1CN(C)c1ccc2scnc2c1N. The van der Waals surface area contributed by atoms with Crippen molar-refractivity contribution in [2.24, 2.45) is 0 Å². The summed E-state index contributed by atoms with van der Waals surface area (Å²) in [5.41, 5.74) is 11.8. The summed E-state index contributed by atoms with van der Waals surface area (Å²) in [6.07, 6.45) is 1.71. The van der Waals surface area contributed by atoms with Gasteiger partial charge in [-0.2, -0.15) is 0 Å². The quantitative estimate of drug-likeness (QED) is 0.743. The van der Waals surface area contributed by atoms with Crippen molar-refractivity contribution in [3.63, 3.8) is 0 Å². The average molecular weight is 273 g/mol. The molecule has 0 bridgehead atoms. The molecule has 0 aliphatic rings. The second-order valence-electron chi connectivity index (χ2n) is 4.56. The molecule has 2 aromatic heterocycles. The summed E-state index contributed by atoms with van der Waals surface area (Å²) < 4.78 is 6.44. The van der Waals surface area contributed by atoms with Gasteiger partial charge < -0.3 is 15.1 Å². The van der Waals surface area contributed by atoms with Gasteiger partial charge in [0, 0.05) is 19.2 Å². The minimum absolute atomic E-state index is 0.738. The Morgan fingerprint density at radius 1 is 1.37 bits per heavy atom. The van der Waals surface area contributed by atoms with Crippen LogP contribution in [0.15, 0.2) is 34.4 Å². The molecule has 3 aromatic rings. The number of benzene rings is 1. The Labute approximate surface area is 115 Å². The number of hydrogen-bond acceptors (Lipinski definition) is 5. The number of aromatic nitrogens is 1. The number of thiazole rings is 1. The Morgan fingerprint density at radius 3 is 2.95 bits per heavy atom. The molecule has 1 aromatic carbocycles. The number of furan rings is 1. The molecule has 0 fully saturated rings. The van der Waals surface area contributed by atoms with Crippen LogP contribution in [0, 0.1) is 6.92 Å². The van der Waals surface area contributed by atoms with Crippen LogP contribution in [0.2, 0.25) is 0 Å². The van der Waals surface area contributed by atoms with E-state index in [1.54, 1.807) is 17.6 Å². The standard InChI is InChI=1S/C14H15N3OS/c1-9-10(5-6-18-9)7-17(2)11-3-4-12-14(13(11)15)16-8-19-12/h3-6,8H,7,15H2,1-2H3. The number of anilines is 2. The lowest BCUT2D eigenvalue weighted by atomic mass is 10.2. The number of nitrogens with zero attached hydrogens (tertiary/aromatic N) is 2. The van der Waals surface area contributed by atoms with Crippen molar-refractivity contribution < 1.29 is 4.42 Å². The second kappa shape index (κ2) is 4.59. The molecular formula is C14H15N3OS. The maximum absolute atomic E-state index is 6.21. The predicted octanol–water partition coefficient (Wildman–Crippen LogP) is 3.42. The van der Waals surface area contributed by atoms with E-state index < -0.39 is 0 Å². The van der Waals surface area contributed by atoms with E-state index in [0.717, 1.165) is 33.9 Å². The van der Waals surface area contributed by atoms with Crippen molar-refractivity contribution in [3.05, 3.63) is 41.3 Å². The van der Waals surface area contributed by atoms with Gasteiger partial charge in [0.05, 0.1) is 27.8 Å². The van der Waals surface area contributed by atoms with Crippen LogP contribution in [0.4, 0.5) is 11.4 Å². The van der Waals surface area contributed by atoms with Gasteiger partial charge in [0.2, 0.25) is 0 Å². The Morgan fingerprint density at radius 2 is 2.21 bits per heavy atom. The molecule has 0 saturated heterocycles. The summed E-state index contributed by atoms with van der Waals surface area (Å²) in [4.78, 5) is 6.44. The molecular weight excluding hydrogens is 258 g/mol. The molecule has 0 amide bonds. The second-order valence-corrected chi connectivity index (χ2v) is 5.44. The molecule has 0 atom stereocenters. The van der Waals surface area contributed by atoms with Crippen molar-refractivity contribution >= 4 is 32.9 Å². The molecule has 0 saturated carbocycles. The molecule has 0 aliphatic heterocycles. The average Bonchev–Trinajstić information content (AvgIpc) is 3.00. The summed E-state index contributed by atoms with van der Waals surface area (Å²) in [7, 11) is 2.02. The zero-order chi connectivity index (χ0) is 13.4. The lowest BCUT2D eigenvalue weighted by Gasteiger charge is -2.20. The van der Waals surface area contributed by atoms with Crippen LogP contribution in [-0.2, 0) is 6.54 Å². The number of fused-ring (bicyclic) bond motifs is 1. The topological polar surface area (TPSA) is 55.3 Å². The Balaban J connectivity index is 1.95. The monoisotopic (exact) mass is 273 g/mol. The maximum Gasteiger partial charge on any atom is 0.106 e. The van der Waals surface area contributed by atoms with Crippen LogP contribution in [0.1, 0.15) is 11.3 Å². The lowest BCUT2D eigenvalue weighted by Crippen LogP contribution is -2.18. The molecule has 4 nitrogen and oxygen atoms in total. The number of aryl methyl sites for hydroxylation is 1. The van der Waals surface area contributed by atoms with Gasteiger partial charge in [0.15, 0.2) is 0 Å². The maximum atomic E-state index is 6.21. The molecule has 19 heavy (non-hydrogen) atoms. The highest BCUT2D eigenvalue weighted by Gasteiger charge is 2.12. The van der Waals surface area contributed by atoms with Crippen LogP contribution in [-0.4, -0.2) is 12.0 Å². The van der Waals surface area contributed by atoms with E-state index in [1.165, 1.54) is 5.56 Å². The van der Waals surface area contributed by atoms with Gasteiger partial charge in [-0.3, -0.25) is 0 Å². The van der Waals surface area contributed by atoms with E-state index in [-0.39, 0.29) is 0 Å². The summed E-state index contributed by atoms with van der Waals surface area (Å²) in [6, 6.07) is 6.10. The first-order valence-corrected chi connectivity index (χ1v) is 6.90. The first-order valence-electron chi connectivity index (χ1n) is 6.02. The minimum atomic E-state index is 0.738. The largest absolute Gasteiger partial charge is 0.469 e. The highest BCUT2D eigenvalue weighted by molar-refractivity contribution is 7.16. The number of nitrogens with two attached hydrogens (primary N) is 1. The molecule has 0 aliphatic carbocycles. The van der Waals surface area contributed by atoms with Gasteiger partial charge in [0.1, 0.15) is 11.3 Å². The number of rotatable bonds is 3. The zero-order valence-electron chi connectivity index (χ0n) is 10.9. The van der Waals surface area contributed by atoms with Crippen molar-refractivity contribution in [2.45, 2.75) is 13.5 Å². The minimum Gasteiger partial charge on any atom is -0.469 e. The fraction of sp³-hybridized carbons (Fsp3) is 0.214. The fourth-order valence-electron chi connectivity index (χ4n) is 2.19. The normalized spacial score (nSPS) is 11.1. The third-order valence-corrected chi connectivity index (χ3v) is 4.10. The smallest absolute Gasteiger partial charge is 0.106 e. The summed E-state index contributed by atoms with van der Waals surface area (Å²) in [5, 5.41) is 0. The third kappa shape index (κ3) is 2.06. The van der Waals surface area contributed by atoms with Gasteiger partial charge in [0.25, 0.3) is 0 Å². The summed E-state index contributed by atoms with van der Waals surface area (Å²) >= 11 is 1.61.